The van der Waals surface area contributed by atoms with Gasteiger partial charge in [-0.15, -0.1) is 0 Å². The number of rotatable bonds is 12. The summed E-state index contributed by atoms with van der Waals surface area (Å²) in [6, 6.07) is 17.8. The molecule has 286 valence electrons. The molecule has 0 aliphatic heterocycles. The van der Waals surface area contributed by atoms with E-state index in [0.717, 1.165) is 91.4 Å². The zero-order valence-electron chi connectivity index (χ0n) is 35.5. The number of hydrogen-bond acceptors (Lipinski definition) is 0. The molecule has 4 heteroatoms. The van der Waals surface area contributed by atoms with Gasteiger partial charge < -0.3 is 0 Å². The Bertz CT molecular complexity index is 1840. The van der Waals surface area contributed by atoms with Crippen molar-refractivity contribution in [3.8, 4) is 0 Å². The van der Waals surface area contributed by atoms with Crippen LogP contribution in [-0.2, 0) is 12.8 Å². The zero-order chi connectivity index (χ0) is 39.8. The van der Waals surface area contributed by atoms with Gasteiger partial charge in [0, 0.05) is 10.6 Å². The van der Waals surface area contributed by atoms with Gasteiger partial charge in [0.1, 0.15) is 11.6 Å². The van der Waals surface area contributed by atoms with Gasteiger partial charge in [0.15, 0.2) is 0 Å². The lowest BCUT2D eigenvalue weighted by atomic mass is 10.0. The van der Waals surface area contributed by atoms with Crippen LogP contribution in [0.4, 0.5) is 8.78 Å². The van der Waals surface area contributed by atoms with Crippen molar-refractivity contribution < 1.29 is 8.78 Å². The molecule has 0 aliphatic rings. The fourth-order valence-corrected chi connectivity index (χ4v) is 15.5. The van der Waals surface area contributed by atoms with Crippen LogP contribution in [0.5, 0.6) is 0 Å². The zero-order valence-corrected chi connectivity index (χ0v) is 37.3. The number of aryl methyl sites for hydroxylation is 12. The second-order valence-electron chi connectivity index (χ2n) is 16.1. The summed E-state index contributed by atoms with van der Waals surface area (Å²) in [5.41, 5.74) is 15.1. The van der Waals surface area contributed by atoms with E-state index in [0.29, 0.717) is 34.6 Å². The Hall–Kier alpha value is -3.18. The van der Waals surface area contributed by atoms with Crippen LogP contribution in [0.1, 0.15) is 117 Å². The molecule has 0 N–H and O–H groups in total. The monoisotopic (exact) mass is 762 g/mol. The van der Waals surface area contributed by atoms with Gasteiger partial charge in [-0.05, 0) is 201 Å². The SMILES string of the molecule is CCCCc1c(F)c(P(c2c(C)cc(C)cc2C)c2c(C)cc(C)cc2C)c(CCCC)c(F)c1P(c1c(C)cc(C)cc1C)c1c(C)cc(C)cc1C. The summed E-state index contributed by atoms with van der Waals surface area (Å²) >= 11 is 0. The molecular weight excluding hydrogens is 700 g/mol. The van der Waals surface area contributed by atoms with Gasteiger partial charge in [-0.1, -0.05) is 97.5 Å². The Kier molecular flexibility index (Phi) is 13.5. The van der Waals surface area contributed by atoms with Crippen molar-refractivity contribution in [2.75, 3.05) is 0 Å². The summed E-state index contributed by atoms with van der Waals surface area (Å²) in [6.45, 7) is 30.2. The Labute approximate surface area is 328 Å². The maximum Gasteiger partial charge on any atom is 0.135 e. The van der Waals surface area contributed by atoms with Gasteiger partial charge >= 0.3 is 0 Å². The highest BCUT2D eigenvalue weighted by molar-refractivity contribution is 7.81. The van der Waals surface area contributed by atoms with Gasteiger partial charge in [-0.25, -0.2) is 8.78 Å². The minimum absolute atomic E-state index is 0.173. The minimum atomic E-state index is -1.44. The van der Waals surface area contributed by atoms with Crippen molar-refractivity contribution in [2.24, 2.45) is 0 Å². The molecule has 0 atom stereocenters. The van der Waals surface area contributed by atoms with Crippen molar-refractivity contribution in [3.05, 3.63) is 138 Å². The smallest absolute Gasteiger partial charge is 0.135 e. The molecular formula is C50H62F2P2. The lowest BCUT2D eigenvalue weighted by Gasteiger charge is -2.34. The second kappa shape index (κ2) is 17.3. The third kappa shape index (κ3) is 8.18. The second-order valence-corrected chi connectivity index (χ2v) is 20.2. The number of unbranched alkanes of at least 4 members (excludes halogenated alkanes) is 2. The van der Waals surface area contributed by atoms with E-state index < -0.39 is 15.8 Å². The molecule has 0 saturated carbocycles. The van der Waals surface area contributed by atoms with Crippen molar-refractivity contribution >= 4 is 47.7 Å². The molecule has 5 aromatic carbocycles. The Balaban J connectivity index is 2.06. The third-order valence-electron chi connectivity index (χ3n) is 11.0. The summed E-state index contributed by atoms with van der Waals surface area (Å²) in [4.78, 5) is 0. The number of hydrogen-bond donors (Lipinski definition) is 0. The lowest BCUT2D eigenvalue weighted by molar-refractivity contribution is 0.581. The highest BCUT2D eigenvalue weighted by Gasteiger charge is 2.37. The first-order valence-electron chi connectivity index (χ1n) is 20.0. The summed E-state index contributed by atoms with van der Waals surface area (Å²) in [6.07, 6.45) is 4.39. The van der Waals surface area contributed by atoms with E-state index in [1.165, 1.54) is 22.3 Å². The predicted molar refractivity (Wildman–Crippen MR) is 238 cm³/mol. The molecule has 0 radical (unpaired) electrons. The van der Waals surface area contributed by atoms with Crippen LogP contribution in [0.2, 0.25) is 0 Å². The first-order chi connectivity index (χ1) is 25.5. The van der Waals surface area contributed by atoms with Gasteiger partial charge in [0.25, 0.3) is 0 Å². The van der Waals surface area contributed by atoms with Crippen LogP contribution in [0.3, 0.4) is 0 Å². The van der Waals surface area contributed by atoms with Crippen molar-refractivity contribution in [1.29, 1.82) is 0 Å². The van der Waals surface area contributed by atoms with Crippen LogP contribution in [0.15, 0.2) is 48.5 Å². The van der Waals surface area contributed by atoms with Gasteiger partial charge in [-0.3, -0.25) is 0 Å². The van der Waals surface area contributed by atoms with Crippen LogP contribution in [0.25, 0.3) is 0 Å². The van der Waals surface area contributed by atoms with Crippen molar-refractivity contribution in [3.63, 3.8) is 0 Å². The van der Waals surface area contributed by atoms with E-state index in [1.54, 1.807) is 0 Å². The van der Waals surface area contributed by atoms with Crippen molar-refractivity contribution in [1.82, 2.24) is 0 Å². The number of benzene rings is 5. The van der Waals surface area contributed by atoms with E-state index in [2.05, 4.69) is 145 Å². The maximum absolute atomic E-state index is 18.8. The van der Waals surface area contributed by atoms with E-state index >= 15 is 8.78 Å². The molecule has 0 spiro atoms. The summed E-state index contributed by atoms with van der Waals surface area (Å²) in [5, 5.41) is 5.87. The van der Waals surface area contributed by atoms with Crippen LogP contribution in [-0.4, -0.2) is 0 Å². The molecule has 0 nitrogen and oxygen atoms in total. The molecule has 0 heterocycles. The Morgan fingerprint density at radius 3 is 0.741 bits per heavy atom. The molecule has 0 saturated heterocycles. The standard InChI is InChI=1S/C50H62F2P2/c1-15-17-19-41-43(51)50(54(47-37(11)25-31(5)26-38(47)12)48-39(13)27-32(6)28-40(48)14)42(20-18-16-2)44(52)49(41)53(45-33(7)21-29(3)22-34(45)8)46-35(9)23-30(4)24-36(46)10/h21-28H,15-20H2,1-14H3. The Morgan fingerprint density at radius 1 is 0.352 bits per heavy atom. The van der Waals surface area contributed by atoms with Crippen LogP contribution >= 0.6 is 15.8 Å². The predicted octanol–water partition coefficient (Wildman–Crippen LogP) is 11.9. The lowest BCUT2D eigenvalue weighted by Crippen LogP contribution is -2.38. The molecule has 0 aliphatic carbocycles. The third-order valence-corrected chi connectivity index (χ3v) is 17.4. The summed E-state index contributed by atoms with van der Waals surface area (Å²) in [7, 11) is -2.88. The molecule has 5 aromatic rings. The molecule has 0 aromatic heterocycles. The fourth-order valence-electron chi connectivity index (χ4n) is 9.16. The van der Waals surface area contributed by atoms with E-state index in [-0.39, 0.29) is 11.6 Å². The largest absolute Gasteiger partial charge is 0.206 e. The molecule has 0 bridgehead atoms. The highest BCUT2D eigenvalue weighted by atomic mass is 31.1. The van der Waals surface area contributed by atoms with E-state index in [9.17, 15) is 0 Å². The average Bonchev–Trinajstić information content (AvgIpc) is 3.05. The summed E-state index contributed by atoms with van der Waals surface area (Å²) in [5.74, 6) is -0.346. The topological polar surface area (TPSA) is 0 Å². The molecule has 54 heavy (non-hydrogen) atoms. The van der Waals surface area contributed by atoms with Crippen molar-refractivity contribution in [2.45, 2.75) is 135 Å². The first-order valence-corrected chi connectivity index (χ1v) is 22.6. The maximum atomic E-state index is 18.8. The quantitative estimate of drug-likeness (QED) is 0.111. The molecule has 0 amide bonds. The number of halogens is 2. The van der Waals surface area contributed by atoms with E-state index in [1.807, 2.05) is 0 Å². The summed E-state index contributed by atoms with van der Waals surface area (Å²) < 4.78 is 37.6. The average molecular weight is 763 g/mol. The highest BCUT2D eigenvalue weighted by Crippen LogP contribution is 2.46. The molecule has 5 rings (SSSR count). The van der Waals surface area contributed by atoms with Gasteiger partial charge in [0.05, 0.1) is 0 Å². The molecule has 0 unspecified atom stereocenters. The van der Waals surface area contributed by atoms with E-state index in [4.69, 9.17) is 0 Å². The Morgan fingerprint density at radius 2 is 0.556 bits per heavy atom. The fraction of sp³-hybridized carbons (Fsp3) is 0.400. The van der Waals surface area contributed by atoms with Gasteiger partial charge in [0.2, 0.25) is 0 Å². The minimum Gasteiger partial charge on any atom is -0.206 e. The van der Waals surface area contributed by atoms with Crippen LogP contribution in [0, 0.1) is 94.7 Å². The van der Waals surface area contributed by atoms with Crippen LogP contribution < -0.4 is 31.8 Å². The normalized spacial score (nSPS) is 11.7. The van der Waals surface area contributed by atoms with Gasteiger partial charge in [-0.2, -0.15) is 0 Å². The first kappa shape index (κ1) is 42.0. The molecule has 0 fully saturated rings.